The number of aliphatic hydroxyl groups is 2. The zero-order valence-electron chi connectivity index (χ0n) is 19.8. The van der Waals surface area contributed by atoms with Crippen molar-refractivity contribution in [2.24, 2.45) is 52.8 Å². The lowest BCUT2D eigenvalue weighted by Crippen LogP contribution is -2.67. The van der Waals surface area contributed by atoms with Crippen molar-refractivity contribution < 1.29 is 15.0 Å². The van der Waals surface area contributed by atoms with Crippen molar-refractivity contribution in [2.75, 3.05) is 13.1 Å². The van der Waals surface area contributed by atoms with Crippen LogP contribution in [0.25, 0.3) is 0 Å². The second-order valence-electron chi connectivity index (χ2n) is 13.2. The highest BCUT2D eigenvalue weighted by molar-refractivity contribution is 5.83. The van der Waals surface area contributed by atoms with Crippen LogP contribution in [0, 0.1) is 52.8 Å². The number of carbonyl (C=O) groups excluding carboxylic acids is 1. The Morgan fingerprint density at radius 1 is 0.903 bits per heavy atom. The highest BCUT2D eigenvalue weighted by Gasteiger charge is 2.64. The van der Waals surface area contributed by atoms with Crippen molar-refractivity contribution >= 4 is 5.78 Å². The minimum Gasteiger partial charge on any atom is -0.393 e. The molecule has 4 nitrogen and oxygen atoms in total. The molecular weight excluding hydrogens is 386 g/mol. The Kier molecular flexibility index (Phi) is 4.78. The van der Waals surface area contributed by atoms with Gasteiger partial charge in [-0.1, -0.05) is 13.8 Å². The molecule has 12 atom stereocenters. The number of piperidine rings is 2. The van der Waals surface area contributed by atoms with Crippen LogP contribution in [0.4, 0.5) is 0 Å². The first kappa shape index (κ1) is 21.1. The normalized spacial score (nSPS) is 59.2. The fourth-order valence-corrected chi connectivity index (χ4v) is 10.4. The lowest BCUT2D eigenvalue weighted by molar-refractivity contribution is -0.175. The average Bonchev–Trinajstić information content (AvgIpc) is 3.09. The summed E-state index contributed by atoms with van der Waals surface area (Å²) in [6, 6.07) is 0.341. The van der Waals surface area contributed by atoms with E-state index in [1.165, 1.54) is 25.8 Å². The van der Waals surface area contributed by atoms with Gasteiger partial charge < -0.3 is 10.2 Å². The molecule has 0 aromatic carbocycles. The maximum absolute atomic E-state index is 13.2. The minimum atomic E-state index is -0.570. The fourth-order valence-electron chi connectivity index (χ4n) is 10.4. The van der Waals surface area contributed by atoms with Crippen LogP contribution >= 0.6 is 0 Å². The van der Waals surface area contributed by atoms with Gasteiger partial charge in [0.15, 0.2) is 0 Å². The summed E-state index contributed by atoms with van der Waals surface area (Å²) >= 11 is 0. The highest BCUT2D eigenvalue weighted by Crippen LogP contribution is 2.66. The Morgan fingerprint density at radius 3 is 2.52 bits per heavy atom. The van der Waals surface area contributed by atoms with Gasteiger partial charge >= 0.3 is 0 Å². The van der Waals surface area contributed by atoms with Crippen molar-refractivity contribution in [1.82, 2.24) is 4.90 Å². The van der Waals surface area contributed by atoms with E-state index in [0.717, 1.165) is 44.6 Å². The van der Waals surface area contributed by atoms with Gasteiger partial charge in [-0.05, 0) is 105 Å². The molecule has 6 aliphatic rings. The lowest BCUT2D eigenvalue weighted by Gasteiger charge is -2.59. The third kappa shape index (κ3) is 2.93. The Hall–Kier alpha value is -0.450. The number of aliphatic hydroxyl groups excluding tert-OH is 1. The fraction of sp³-hybridized carbons (Fsp3) is 0.963. The van der Waals surface area contributed by atoms with E-state index in [1.807, 2.05) is 0 Å². The third-order valence-corrected chi connectivity index (χ3v) is 11.8. The summed E-state index contributed by atoms with van der Waals surface area (Å²) in [6.07, 6.45) is 9.08. The number of fused-ring (bicyclic) bond motifs is 8. The van der Waals surface area contributed by atoms with Gasteiger partial charge in [-0.3, -0.25) is 9.69 Å². The zero-order chi connectivity index (χ0) is 21.7. The molecule has 2 heterocycles. The predicted molar refractivity (Wildman–Crippen MR) is 120 cm³/mol. The van der Waals surface area contributed by atoms with E-state index < -0.39 is 5.60 Å². The quantitative estimate of drug-likeness (QED) is 0.613. The van der Waals surface area contributed by atoms with Crippen molar-refractivity contribution in [3.8, 4) is 0 Å². The summed E-state index contributed by atoms with van der Waals surface area (Å²) in [5, 5.41) is 22.1. The van der Waals surface area contributed by atoms with E-state index in [4.69, 9.17) is 0 Å². The summed E-state index contributed by atoms with van der Waals surface area (Å²) < 4.78 is 0. The highest BCUT2D eigenvalue weighted by atomic mass is 16.3. The van der Waals surface area contributed by atoms with E-state index in [1.54, 1.807) is 0 Å². The largest absolute Gasteiger partial charge is 0.393 e. The predicted octanol–water partition coefficient (Wildman–Crippen LogP) is 3.89. The lowest BCUT2D eigenvalue weighted by atomic mass is 9.51. The minimum absolute atomic E-state index is 0.0789. The second kappa shape index (κ2) is 7.03. The van der Waals surface area contributed by atoms with E-state index >= 15 is 0 Å². The van der Waals surface area contributed by atoms with Crippen LogP contribution in [0.5, 0.6) is 0 Å². The number of hydrogen-bond donors (Lipinski definition) is 2. The van der Waals surface area contributed by atoms with Crippen LogP contribution in [-0.4, -0.2) is 51.7 Å². The molecule has 174 valence electrons. The maximum atomic E-state index is 13.2. The number of hydrogen-bond acceptors (Lipinski definition) is 4. The van der Waals surface area contributed by atoms with Gasteiger partial charge in [0.2, 0.25) is 0 Å². The van der Waals surface area contributed by atoms with Gasteiger partial charge in [-0.15, -0.1) is 0 Å². The van der Waals surface area contributed by atoms with Crippen LogP contribution in [0.2, 0.25) is 0 Å². The number of rotatable bonds is 0. The standard InChI is InChI=1S/C27H43NO3/c1-15-4-7-25-27(3,31)21-6-5-17-18(20(21)14-28(25)13-15)11-22-19(17)12-24(30)23-10-16(29)8-9-26(22,23)2/h15-23,25,29,31H,4-14H2,1-3H3/t15-,16+,17-,18-,19-,20+,21+,22+,23-,25+,26-,27+/m1/s1. The van der Waals surface area contributed by atoms with Crippen LogP contribution in [0.3, 0.4) is 0 Å². The molecule has 0 aromatic heterocycles. The molecule has 0 amide bonds. The topological polar surface area (TPSA) is 60.8 Å². The number of carbonyl (C=O) groups is 1. The van der Waals surface area contributed by atoms with Crippen LogP contribution in [-0.2, 0) is 4.79 Å². The number of Topliss-reactive ketones (excluding diaryl/α,β-unsaturated/α-hetero) is 1. The van der Waals surface area contributed by atoms with Crippen molar-refractivity contribution in [2.45, 2.75) is 96.3 Å². The second-order valence-corrected chi connectivity index (χ2v) is 13.2. The SMILES string of the molecule is C[C@@H]1CC[C@@H]2N(C1)C[C@H]1[C@@H]3C[C@H]4[C@H](CC(=O)[C@H]5C[C@@H](O)CC[C@@]54C)[C@@H]3CC[C@@H]1[C@]2(C)O. The van der Waals surface area contributed by atoms with Gasteiger partial charge in [-0.2, -0.15) is 0 Å². The molecule has 31 heavy (non-hydrogen) atoms. The molecule has 6 rings (SSSR count). The van der Waals surface area contributed by atoms with Crippen LogP contribution in [0.1, 0.15) is 78.6 Å². The summed E-state index contributed by atoms with van der Waals surface area (Å²) in [7, 11) is 0. The summed E-state index contributed by atoms with van der Waals surface area (Å²) in [5.74, 6) is 4.82. The maximum Gasteiger partial charge on any atom is 0.136 e. The monoisotopic (exact) mass is 429 g/mol. The Bertz CT molecular complexity index is 751. The van der Waals surface area contributed by atoms with Gasteiger partial charge in [0.1, 0.15) is 5.78 Å². The average molecular weight is 430 g/mol. The number of ketones is 1. The van der Waals surface area contributed by atoms with Crippen LogP contribution < -0.4 is 0 Å². The molecule has 4 heteroatoms. The van der Waals surface area contributed by atoms with Crippen molar-refractivity contribution in [1.29, 1.82) is 0 Å². The van der Waals surface area contributed by atoms with E-state index in [2.05, 4.69) is 25.7 Å². The molecule has 4 aliphatic carbocycles. The molecule has 4 saturated carbocycles. The molecule has 2 aliphatic heterocycles. The molecule has 2 N–H and O–H groups in total. The van der Waals surface area contributed by atoms with Gasteiger partial charge in [0.25, 0.3) is 0 Å². The molecule has 0 spiro atoms. The molecule has 0 aromatic rings. The number of nitrogens with zero attached hydrogens (tertiary/aromatic N) is 1. The molecule has 2 saturated heterocycles. The zero-order valence-corrected chi connectivity index (χ0v) is 19.8. The van der Waals surface area contributed by atoms with Crippen molar-refractivity contribution in [3.63, 3.8) is 0 Å². The van der Waals surface area contributed by atoms with E-state index in [-0.39, 0.29) is 17.4 Å². The first-order valence-corrected chi connectivity index (χ1v) is 13.4. The third-order valence-electron chi connectivity index (χ3n) is 11.8. The molecular formula is C27H43NO3. The first-order chi connectivity index (χ1) is 14.7. The van der Waals surface area contributed by atoms with E-state index in [0.29, 0.717) is 53.8 Å². The Morgan fingerprint density at radius 2 is 1.71 bits per heavy atom. The van der Waals surface area contributed by atoms with E-state index in [9.17, 15) is 15.0 Å². The molecule has 0 bridgehead atoms. The van der Waals surface area contributed by atoms with Gasteiger partial charge in [0.05, 0.1) is 11.7 Å². The summed E-state index contributed by atoms with van der Waals surface area (Å²) in [5.41, 5.74) is -0.482. The Labute approximate surface area is 188 Å². The smallest absolute Gasteiger partial charge is 0.136 e. The molecule has 0 radical (unpaired) electrons. The first-order valence-electron chi connectivity index (χ1n) is 13.4. The molecule has 6 fully saturated rings. The van der Waals surface area contributed by atoms with Gasteiger partial charge in [-0.25, -0.2) is 0 Å². The van der Waals surface area contributed by atoms with Crippen LogP contribution in [0.15, 0.2) is 0 Å². The van der Waals surface area contributed by atoms with Crippen molar-refractivity contribution in [3.05, 3.63) is 0 Å². The Balaban J connectivity index is 1.31. The van der Waals surface area contributed by atoms with Gasteiger partial charge in [0, 0.05) is 31.5 Å². The summed E-state index contributed by atoms with van der Waals surface area (Å²) in [6.45, 7) is 9.23. The molecule has 0 unspecified atom stereocenters. The summed E-state index contributed by atoms with van der Waals surface area (Å²) in [4.78, 5) is 15.9.